The van der Waals surface area contributed by atoms with Gasteiger partial charge < -0.3 is 15.6 Å². The Kier molecular flexibility index (Phi) is 3.77. The summed E-state index contributed by atoms with van der Waals surface area (Å²) in [5.41, 5.74) is 7.86. The molecule has 0 aliphatic rings. The van der Waals surface area contributed by atoms with E-state index in [0.717, 1.165) is 36.6 Å². The van der Waals surface area contributed by atoms with Gasteiger partial charge >= 0.3 is 0 Å². The highest BCUT2D eigenvalue weighted by Gasteiger charge is 1.99. The second-order valence-corrected chi connectivity index (χ2v) is 4.08. The van der Waals surface area contributed by atoms with Gasteiger partial charge in [0.25, 0.3) is 0 Å². The third-order valence-corrected chi connectivity index (χ3v) is 2.82. The molecule has 2 rings (SSSR count). The minimum atomic E-state index is 0.803. The van der Waals surface area contributed by atoms with E-state index in [0.29, 0.717) is 0 Å². The average molecular weight is 230 g/mol. The zero-order valence-corrected chi connectivity index (χ0v) is 10.1. The summed E-state index contributed by atoms with van der Waals surface area (Å²) >= 11 is 0. The van der Waals surface area contributed by atoms with Gasteiger partial charge in [0.05, 0.1) is 0 Å². The molecule has 17 heavy (non-hydrogen) atoms. The highest BCUT2D eigenvalue weighted by Crippen LogP contribution is 2.09. The fourth-order valence-corrected chi connectivity index (χ4v) is 1.76. The highest BCUT2D eigenvalue weighted by molar-refractivity contribution is 5.46. The summed E-state index contributed by atoms with van der Waals surface area (Å²) in [7, 11) is 2.01. The zero-order chi connectivity index (χ0) is 12.1. The lowest BCUT2D eigenvalue weighted by molar-refractivity contribution is 0.656. The van der Waals surface area contributed by atoms with Crippen LogP contribution in [0.5, 0.6) is 0 Å². The quantitative estimate of drug-likeness (QED) is 0.602. The molecule has 4 nitrogen and oxygen atoms in total. The topological polar surface area (TPSA) is 55.9 Å². The summed E-state index contributed by atoms with van der Waals surface area (Å²) in [5, 5.41) is 3.37. The van der Waals surface area contributed by atoms with E-state index in [1.54, 1.807) is 0 Å². The number of aryl methyl sites for hydroxylation is 1. The van der Waals surface area contributed by atoms with Crippen LogP contribution >= 0.6 is 0 Å². The van der Waals surface area contributed by atoms with Crippen LogP contribution in [0.2, 0.25) is 0 Å². The van der Waals surface area contributed by atoms with Crippen molar-refractivity contribution < 1.29 is 0 Å². The molecule has 0 radical (unpaired) electrons. The van der Waals surface area contributed by atoms with Crippen LogP contribution in [0.3, 0.4) is 0 Å². The molecule has 0 unspecified atom stereocenters. The zero-order valence-electron chi connectivity index (χ0n) is 10.1. The second kappa shape index (κ2) is 5.50. The molecule has 0 fully saturated rings. The Hall–Kier alpha value is -1.81. The predicted octanol–water partition coefficient (Wildman–Crippen LogP) is 1.33. The van der Waals surface area contributed by atoms with Gasteiger partial charge in [0.2, 0.25) is 0 Å². The lowest BCUT2D eigenvalue weighted by atomic mass is 10.2. The van der Waals surface area contributed by atoms with Crippen molar-refractivity contribution in [2.75, 3.05) is 12.3 Å². The van der Waals surface area contributed by atoms with E-state index in [1.807, 2.05) is 48.3 Å². The molecule has 0 saturated carbocycles. The van der Waals surface area contributed by atoms with Crippen LogP contribution < -0.4 is 11.1 Å². The first-order chi connectivity index (χ1) is 8.27. The van der Waals surface area contributed by atoms with Crippen LogP contribution in [0, 0.1) is 0 Å². The summed E-state index contributed by atoms with van der Waals surface area (Å²) in [4.78, 5) is 4.28. The minimum Gasteiger partial charge on any atom is -0.398 e. The van der Waals surface area contributed by atoms with Gasteiger partial charge in [-0.15, -0.1) is 0 Å². The molecular formula is C13H18N4. The largest absolute Gasteiger partial charge is 0.398 e. The first-order valence-electron chi connectivity index (χ1n) is 5.77. The first-order valence-corrected chi connectivity index (χ1v) is 5.77. The fourth-order valence-electron chi connectivity index (χ4n) is 1.76. The van der Waals surface area contributed by atoms with Crippen LogP contribution in [0.1, 0.15) is 11.4 Å². The number of hydrogen-bond acceptors (Lipinski definition) is 3. The minimum absolute atomic E-state index is 0.803. The van der Waals surface area contributed by atoms with Gasteiger partial charge in [-0.2, -0.15) is 0 Å². The summed E-state index contributed by atoms with van der Waals surface area (Å²) in [6.07, 6.45) is 4.71. The monoisotopic (exact) mass is 230 g/mol. The number of benzene rings is 1. The fraction of sp³-hybridized carbons (Fsp3) is 0.308. The van der Waals surface area contributed by atoms with Crippen molar-refractivity contribution in [3.8, 4) is 0 Å². The third kappa shape index (κ3) is 3.07. The lowest BCUT2D eigenvalue weighted by Crippen LogP contribution is -2.18. The molecule has 4 heteroatoms. The number of anilines is 1. The smallest absolute Gasteiger partial charge is 0.109 e. The van der Waals surface area contributed by atoms with Crippen LogP contribution in [0.4, 0.5) is 5.69 Å². The van der Waals surface area contributed by atoms with Crippen LogP contribution in [0.25, 0.3) is 0 Å². The Morgan fingerprint density at radius 3 is 2.88 bits per heavy atom. The normalized spacial score (nSPS) is 10.6. The maximum Gasteiger partial charge on any atom is 0.109 e. The van der Waals surface area contributed by atoms with E-state index in [1.165, 1.54) is 0 Å². The predicted molar refractivity (Wildman–Crippen MR) is 69.5 cm³/mol. The number of nitrogens with two attached hydrogens (primary N) is 1. The molecule has 3 N–H and O–H groups in total. The van der Waals surface area contributed by atoms with E-state index in [2.05, 4.69) is 10.3 Å². The number of para-hydroxylation sites is 1. The van der Waals surface area contributed by atoms with Crippen molar-refractivity contribution >= 4 is 5.69 Å². The number of nitrogen functional groups attached to an aromatic ring is 1. The van der Waals surface area contributed by atoms with Gasteiger partial charge in [0.15, 0.2) is 0 Å². The van der Waals surface area contributed by atoms with Crippen molar-refractivity contribution in [2.24, 2.45) is 7.05 Å². The molecule has 1 aromatic heterocycles. The highest BCUT2D eigenvalue weighted by atomic mass is 15.0. The maximum atomic E-state index is 5.87. The summed E-state index contributed by atoms with van der Waals surface area (Å²) < 4.78 is 2.04. The second-order valence-electron chi connectivity index (χ2n) is 4.08. The third-order valence-electron chi connectivity index (χ3n) is 2.82. The van der Waals surface area contributed by atoms with Crippen LogP contribution in [-0.2, 0) is 20.0 Å². The number of rotatable bonds is 5. The Bertz CT molecular complexity index is 476. The summed E-state index contributed by atoms with van der Waals surface area (Å²) in [5.74, 6) is 1.10. The molecule has 90 valence electrons. The number of imidazole rings is 1. The van der Waals surface area contributed by atoms with Crippen molar-refractivity contribution in [1.82, 2.24) is 14.9 Å². The molecule has 0 aliphatic carbocycles. The summed E-state index contributed by atoms with van der Waals surface area (Å²) in [6.45, 7) is 1.70. The van der Waals surface area contributed by atoms with Crippen LogP contribution in [-0.4, -0.2) is 16.1 Å². The average Bonchev–Trinajstić information content (AvgIpc) is 2.73. The van der Waals surface area contributed by atoms with E-state index in [9.17, 15) is 0 Å². The van der Waals surface area contributed by atoms with E-state index >= 15 is 0 Å². The van der Waals surface area contributed by atoms with Crippen molar-refractivity contribution in [3.63, 3.8) is 0 Å². The van der Waals surface area contributed by atoms with E-state index in [4.69, 9.17) is 5.73 Å². The molecule has 1 aromatic carbocycles. The molecule has 0 bridgehead atoms. The number of hydrogen-bond donors (Lipinski definition) is 2. The van der Waals surface area contributed by atoms with Crippen molar-refractivity contribution in [1.29, 1.82) is 0 Å². The molecule has 0 aliphatic heterocycles. The molecule has 2 aromatic rings. The molecule has 0 amide bonds. The number of nitrogens with one attached hydrogen (secondary N) is 1. The van der Waals surface area contributed by atoms with Gasteiger partial charge in [-0.25, -0.2) is 4.98 Å². The van der Waals surface area contributed by atoms with Gasteiger partial charge in [-0.1, -0.05) is 18.2 Å². The van der Waals surface area contributed by atoms with Crippen molar-refractivity contribution in [3.05, 3.63) is 48.0 Å². The Morgan fingerprint density at radius 2 is 2.18 bits per heavy atom. The number of aromatic nitrogens is 2. The molecule has 0 saturated heterocycles. The van der Waals surface area contributed by atoms with Gasteiger partial charge in [-0.3, -0.25) is 0 Å². The summed E-state index contributed by atoms with van der Waals surface area (Å²) in [6, 6.07) is 7.93. The maximum absolute atomic E-state index is 5.87. The molecular weight excluding hydrogens is 212 g/mol. The molecule has 0 atom stereocenters. The van der Waals surface area contributed by atoms with Crippen molar-refractivity contribution in [2.45, 2.75) is 13.0 Å². The van der Waals surface area contributed by atoms with Crippen LogP contribution in [0.15, 0.2) is 36.7 Å². The van der Waals surface area contributed by atoms with E-state index < -0.39 is 0 Å². The SMILES string of the molecule is Cn1ccnc1CCNCc1ccccc1N. The van der Waals surface area contributed by atoms with Gasteiger partial charge in [0.1, 0.15) is 5.82 Å². The number of nitrogens with zero attached hydrogens (tertiary/aromatic N) is 2. The van der Waals surface area contributed by atoms with Gasteiger partial charge in [0, 0.05) is 44.6 Å². The Morgan fingerprint density at radius 1 is 1.35 bits per heavy atom. The van der Waals surface area contributed by atoms with E-state index in [-0.39, 0.29) is 0 Å². The Labute approximate surface area is 101 Å². The molecule has 0 spiro atoms. The lowest BCUT2D eigenvalue weighted by Gasteiger charge is -2.07. The van der Waals surface area contributed by atoms with Gasteiger partial charge in [-0.05, 0) is 11.6 Å². The molecule has 1 heterocycles. The first kappa shape index (κ1) is 11.7. The Balaban J connectivity index is 1.77. The standard InChI is InChI=1S/C13H18N4/c1-17-9-8-16-13(17)6-7-15-10-11-4-2-3-5-12(11)14/h2-5,8-9,15H,6-7,10,14H2,1H3.